The Hall–Kier alpha value is -2.55. The van der Waals surface area contributed by atoms with Crippen molar-refractivity contribution in [3.63, 3.8) is 0 Å². The third-order valence-electron chi connectivity index (χ3n) is 4.38. The Kier molecular flexibility index (Phi) is 8.98. The number of aromatic nitrogens is 1. The highest BCUT2D eigenvalue weighted by Gasteiger charge is 2.07. The molecule has 0 aliphatic carbocycles. The lowest BCUT2D eigenvalue weighted by Crippen LogP contribution is -2.37. The number of phenols is 1. The summed E-state index contributed by atoms with van der Waals surface area (Å²) >= 11 is 0. The minimum absolute atomic E-state index is 0. The van der Waals surface area contributed by atoms with Gasteiger partial charge in [-0.15, -0.1) is 24.0 Å². The summed E-state index contributed by atoms with van der Waals surface area (Å²) in [6.45, 7) is 3.39. The maximum absolute atomic E-state index is 9.32. The maximum atomic E-state index is 9.32. The first kappa shape index (κ1) is 22.7. The highest BCUT2D eigenvalue weighted by molar-refractivity contribution is 14.0. The minimum Gasteiger partial charge on any atom is -0.508 e. The first-order valence-electron chi connectivity index (χ1n) is 9.38. The molecule has 3 rings (SSSR count). The van der Waals surface area contributed by atoms with Crippen molar-refractivity contribution in [1.29, 1.82) is 0 Å². The highest BCUT2D eigenvalue weighted by Crippen LogP contribution is 2.19. The smallest absolute Gasteiger partial charge is 0.226 e. The van der Waals surface area contributed by atoms with Gasteiger partial charge in [0.05, 0.1) is 12.2 Å². The first-order chi connectivity index (χ1) is 13.6. The number of hydrogen-bond donors (Lipinski definition) is 3. The maximum Gasteiger partial charge on any atom is 0.226 e. The number of oxazole rings is 1. The van der Waals surface area contributed by atoms with E-state index in [1.54, 1.807) is 25.4 Å². The lowest BCUT2D eigenvalue weighted by molar-refractivity contribution is 0.475. The second kappa shape index (κ2) is 11.5. The van der Waals surface area contributed by atoms with E-state index >= 15 is 0 Å². The van der Waals surface area contributed by atoms with Crippen LogP contribution in [0.15, 0.2) is 64.2 Å². The highest BCUT2D eigenvalue weighted by atomic mass is 127. The lowest BCUT2D eigenvalue weighted by Gasteiger charge is -2.10. The fourth-order valence-corrected chi connectivity index (χ4v) is 2.77. The molecule has 1 heterocycles. The molecule has 3 N–H and O–H groups in total. The van der Waals surface area contributed by atoms with Gasteiger partial charge in [-0.25, -0.2) is 4.98 Å². The molecular weight excluding hydrogens is 479 g/mol. The Morgan fingerprint density at radius 2 is 1.79 bits per heavy atom. The van der Waals surface area contributed by atoms with Crippen LogP contribution in [0.2, 0.25) is 0 Å². The Morgan fingerprint density at radius 3 is 2.48 bits per heavy atom. The number of aryl methyl sites for hydroxylation is 2. The van der Waals surface area contributed by atoms with Crippen molar-refractivity contribution in [3.8, 4) is 17.2 Å². The van der Waals surface area contributed by atoms with Crippen LogP contribution in [-0.2, 0) is 13.0 Å². The van der Waals surface area contributed by atoms with Crippen molar-refractivity contribution in [2.45, 2.75) is 26.3 Å². The molecule has 1 aromatic heterocycles. The van der Waals surface area contributed by atoms with Crippen LogP contribution < -0.4 is 10.6 Å². The zero-order chi connectivity index (χ0) is 19.8. The molecule has 0 radical (unpaired) electrons. The molecule has 0 unspecified atom stereocenters. The first-order valence-corrected chi connectivity index (χ1v) is 9.38. The van der Waals surface area contributed by atoms with Crippen LogP contribution in [0.1, 0.15) is 23.2 Å². The SMILES string of the molecule is CN=C(NCCCc1ccc(O)cc1)NCc1coc(-c2ccc(C)cc2)n1.I. The van der Waals surface area contributed by atoms with Gasteiger partial charge in [0.1, 0.15) is 12.0 Å². The van der Waals surface area contributed by atoms with Gasteiger partial charge in [0, 0.05) is 19.2 Å². The predicted octanol–water partition coefficient (Wildman–Crippen LogP) is 4.27. The molecule has 0 saturated carbocycles. The molecule has 0 amide bonds. The number of aromatic hydroxyl groups is 1. The summed E-state index contributed by atoms with van der Waals surface area (Å²) < 4.78 is 5.58. The monoisotopic (exact) mass is 506 g/mol. The summed E-state index contributed by atoms with van der Waals surface area (Å²) in [5.41, 5.74) is 4.20. The number of aliphatic imine (C=N–C) groups is 1. The second-order valence-corrected chi connectivity index (χ2v) is 6.63. The normalized spacial score (nSPS) is 11.0. The van der Waals surface area contributed by atoms with E-state index in [1.165, 1.54) is 11.1 Å². The van der Waals surface area contributed by atoms with Crippen molar-refractivity contribution in [2.75, 3.05) is 13.6 Å². The summed E-state index contributed by atoms with van der Waals surface area (Å²) in [6, 6.07) is 15.4. The molecule has 154 valence electrons. The zero-order valence-electron chi connectivity index (χ0n) is 16.7. The Bertz CT molecular complexity index is 905. The number of nitrogens with one attached hydrogen (secondary N) is 2. The number of hydrogen-bond acceptors (Lipinski definition) is 4. The molecular formula is C22H27IN4O2. The lowest BCUT2D eigenvalue weighted by atomic mass is 10.1. The molecule has 6 nitrogen and oxygen atoms in total. The number of benzene rings is 2. The zero-order valence-corrected chi connectivity index (χ0v) is 19.0. The van der Waals surface area contributed by atoms with Gasteiger partial charge in [0.15, 0.2) is 5.96 Å². The summed E-state index contributed by atoms with van der Waals surface area (Å²) in [5.74, 6) is 1.64. The molecule has 0 saturated heterocycles. The topological polar surface area (TPSA) is 82.7 Å². The molecule has 0 fully saturated rings. The third kappa shape index (κ3) is 7.08. The van der Waals surface area contributed by atoms with Gasteiger partial charge in [-0.1, -0.05) is 29.8 Å². The largest absolute Gasteiger partial charge is 0.508 e. The molecule has 3 aromatic rings. The number of phenolic OH excluding ortho intramolecular Hbond substituents is 1. The van der Waals surface area contributed by atoms with E-state index in [4.69, 9.17) is 4.42 Å². The van der Waals surface area contributed by atoms with Crippen molar-refractivity contribution in [2.24, 2.45) is 4.99 Å². The van der Waals surface area contributed by atoms with Gasteiger partial charge in [-0.2, -0.15) is 0 Å². The summed E-state index contributed by atoms with van der Waals surface area (Å²) in [4.78, 5) is 8.76. The van der Waals surface area contributed by atoms with Crippen LogP contribution in [0.3, 0.4) is 0 Å². The van der Waals surface area contributed by atoms with Gasteiger partial charge in [0.2, 0.25) is 5.89 Å². The van der Waals surface area contributed by atoms with Crippen molar-refractivity contribution < 1.29 is 9.52 Å². The Labute approximate surface area is 188 Å². The van der Waals surface area contributed by atoms with E-state index in [-0.39, 0.29) is 24.0 Å². The molecule has 29 heavy (non-hydrogen) atoms. The van der Waals surface area contributed by atoms with Gasteiger partial charge >= 0.3 is 0 Å². The average molecular weight is 506 g/mol. The molecule has 0 bridgehead atoms. The van der Waals surface area contributed by atoms with Crippen molar-refractivity contribution in [3.05, 3.63) is 71.6 Å². The number of guanidine groups is 1. The van der Waals surface area contributed by atoms with E-state index in [0.29, 0.717) is 18.2 Å². The second-order valence-electron chi connectivity index (χ2n) is 6.63. The fraction of sp³-hybridized carbons (Fsp3) is 0.273. The Balaban J connectivity index is 0.00000300. The minimum atomic E-state index is 0. The van der Waals surface area contributed by atoms with Crippen LogP contribution >= 0.6 is 24.0 Å². The van der Waals surface area contributed by atoms with Crippen molar-refractivity contribution >= 4 is 29.9 Å². The van der Waals surface area contributed by atoms with Crippen LogP contribution in [0.5, 0.6) is 5.75 Å². The number of rotatable bonds is 7. The van der Waals surface area contributed by atoms with E-state index in [9.17, 15) is 5.11 Å². The van der Waals surface area contributed by atoms with Crippen LogP contribution in [-0.4, -0.2) is 29.6 Å². The predicted molar refractivity (Wildman–Crippen MR) is 127 cm³/mol. The summed E-state index contributed by atoms with van der Waals surface area (Å²) in [5, 5.41) is 15.9. The van der Waals surface area contributed by atoms with E-state index in [1.807, 2.05) is 36.4 Å². The van der Waals surface area contributed by atoms with E-state index in [2.05, 4.69) is 27.5 Å². The molecule has 2 aromatic carbocycles. The van der Waals surface area contributed by atoms with Crippen LogP contribution in [0, 0.1) is 6.92 Å². The van der Waals surface area contributed by atoms with Crippen LogP contribution in [0.4, 0.5) is 0 Å². The van der Waals surface area contributed by atoms with Gasteiger partial charge in [-0.05, 0) is 49.6 Å². The standard InChI is InChI=1S/C22H26N4O2.HI/c1-16-5-9-18(10-6-16)21-26-19(15-28-21)14-25-22(23-2)24-13-3-4-17-7-11-20(27)12-8-17;/h5-12,15,27H,3-4,13-14H2,1-2H3,(H2,23,24,25);1H. The summed E-state index contributed by atoms with van der Waals surface area (Å²) in [7, 11) is 1.75. The van der Waals surface area contributed by atoms with E-state index < -0.39 is 0 Å². The average Bonchev–Trinajstić information content (AvgIpc) is 3.18. The molecule has 0 aliphatic heterocycles. The third-order valence-corrected chi connectivity index (χ3v) is 4.38. The molecule has 0 spiro atoms. The molecule has 0 atom stereocenters. The number of halogens is 1. The molecule has 7 heteroatoms. The number of nitrogens with zero attached hydrogens (tertiary/aromatic N) is 2. The van der Waals surface area contributed by atoms with Gasteiger partial charge < -0.3 is 20.2 Å². The van der Waals surface area contributed by atoms with Gasteiger partial charge in [-0.3, -0.25) is 4.99 Å². The van der Waals surface area contributed by atoms with Gasteiger partial charge in [0.25, 0.3) is 0 Å². The summed E-state index contributed by atoms with van der Waals surface area (Å²) in [6.07, 6.45) is 3.57. The Morgan fingerprint density at radius 1 is 1.07 bits per heavy atom. The van der Waals surface area contributed by atoms with Crippen LogP contribution in [0.25, 0.3) is 11.5 Å². The molecule has 0 aliphatic rings. The van der Waals surface area contributed by atoms with E-state index in [0.717, 1.165) is 36.6 Å². The fourth-order valence-electron chi connectivity index (χ4n) is 2.77. The quantitative estimate of drug-likeness (QED) is 0.193. The van der Waals surface area contributed by atoms with Crippen molar-refractivity contribution in [1.82, 2.24) is 15.6 Å².